The Morgan fingerprint density at radius 1 is 0.962 bits per heavy atom. The third kappa shape index (κ3) is 8.53. The molecule has 0 saturated heterocycles. The number of hydrogen-bond acceptors (Lipinski definition) is 2. The molecule has 0 spiro atoms. The minimum atomic E-state index is 0. The maximum atomic E-state index is 11.9. The van der Waals surface area contributed by atoms with Crippen LogP contribution in [0.2, 0.25) is 5.02 Å². The van der Waals surface area contributed by atoms with Crippen LogP contribution in [0.25, 0.3) is 0 Å². The van der Waals surface area contributed by atoms with Gasteiger partial charge in [-0.05, 0) is 23.3 Å². The molecule has 0 aliphatic heterocycles. The molecule has 3 N–H and O–H groups in total. The third-order valence-electron chi connectivity index (χ3n) is 3.55. The maximum absolute atomic E-state index is 11.9. The lowest BCUT2D eigenvalue weighted by atomic mass is 10.2. The smallest absolute Gasteiger partial charge is 0.222 e. The monoisotopic (exact) mass is 486 g/mol. The van der Waals surface area contributed by atoms with E-state index in [0.29, 0.717) is 37.0 Å². The van der Waals surface area contributed by atoms with Crippen LogP contribution in [0.5, 0.6) is 0 Å². The van der Waals surface area contributed by atoms with Crippen LogP contribution in [0, 0.1) is 0 Å². The van der Waals surface area contributed by atoms with Crippen LogP contribution in [0.15, 0.2) is 59.6 Å². The van der Waals surface area contributed by atoms with E-state index in [1.807, 2.05) is 54.6 Å². The van der Waals surface area contributed by atoms with Crippen molar-refractivity contribution in [1.82, 2.24) is 16.0 Å². The molecule has 7 heteroatoms. The van der Waals surface area contributed by atoms with Gasteiger partial charge in [0.15, 0.2) is 5.96 Å². The lowest BCUT2D eigenvalue weighted by Gasteiger charge is -2.12. The summed E-state index contributed by atoms with van der Waals surface area (Å²) in [5, 5.41) is 9.93. The second-order valence-electron chi connectivity index (χ2n) is 5.49. The molecule has 0 aliphatic rings. The molecule has 0 fully saturated rings. The van der Waals surface area contributed by atoms with Crippen LogP contribution in [-0.2, 0) is 17.9 Å². The highest BCUT2D eigenvalue weighted by Gasteiger charge is 2.03. The second-order valence-corrected chi connectivity index (χ2v) is 5.93. The Kier molecular flexibility index (Phi) is 10.7. The van der Waals surface area contributed by atoms with Crippen molar-refractivity contribution >= 4 is 47.4 Å². The molecule has 2 aromatic rings. The molecule has 0 bridgehead atoms. The van der Waals surface area contributed by atoms with Crippen molar-refractivity contribution in [1.29, 1.82) is 0 Å². The molecule has 2 rings (SSSR count). The van der Waals surface area contributed by atoms with Gasteiger partial charge in [0.05, 0.1) is 0 Å². The van der Waals surface area contributed by atoms with Crippen LogP contribution in [0.4, 0.5) is 0 Å². The normalized spacial score (nSPS) is 10.6. The number of hydrogen-bond donors (Lipinski definition) is 3. The molecule has 1 amide bonds. The van der Waals surface area contributed by atoms with Crippen LogP contribution < -0.4 is 16.0 Å². The van der Waals surface area contributed by atoms with E-state index < -0.39 is 0 Å². The SMILES string of the molecule is CN=C(NCCC(=O)NCc1ccccc1)NCc1cccc(Cl)c1.I. The first-order valence-electron chi connectivity index (χ1n) is 8.17. The Labute approximate surface area is 176 Å². The van der Waals surface area contributed by atoms with Gasteiger partial charge in [-0.2, -0.15) is 0 Å². The number of nitrogens with one attached hydrogen (secondary N) is 3. The lowest BCUT2D eigenvalue weighted by molar-refractivity contribution is -0.121. The lowest BCUT2D eigenvalue weighted by Crippen LogP contribution is -2.38. The molecule has 2 aromatic carbocycles. The van der Waals surface area contributed by atoms with Crippen molar-refractivity contribution in [3.05, 3.63) is 70.7 Å². The first-order valence-corrected chi connectivity index (χ1v) is 8.55. The van der Waals surface area contributed by atoms with Gasteiger partial charge in [0.2, 0.25) is 5.91 Å². The first-order chi connectivity index (χ1) is 12.2. The Balaban J connectivity index is 0.00000338. The molecule has 26 heavy (non-hydrogen) atoms. The molecule has 0 heterocycles. The molecule has 5 nitrogen and oxygen atoms in total. The molecule has 0 aliphatic carbocycles. The van der Waals surface area contributed by atoms with Crippen LogP contribution in [0.3, 0.4) is 0 Å². The standard InChI is InChI=1S/C19H23ClN4O.HI/c1-21-19(24-14-16-8-5-9-17(20)12-16)22-11-10-18(25)23-13-15-6-3-2-4-7-15;/h2-9,12H,10-11,13-14H2,1H3,(H,23,25)(H2,21,22,24);1H. The molecular weight excluding hydrogens is 463 g/mol. The van der Waals surface area contributed by atoms with Crippen molar-refractivity contribution in [3.8, 4) is 0 Å². The van der Waals surface area contributed by atoms with Gasteiger partial charge in [-0.3, -0.25) is 9.79 Å². The number of carbonyl (C=O) groups is 1. The van der Waals surface area contributed by atoms with E-state index in [1.54, 1.807) is 7.05 Å². The summed E-state index contributed by atoms with van der Waals surface area (Å²) in [6.07, 6.45) is 0.380. The Bertz CT molecular complexity index is 710. The van der Waals surface area contributed by atoms with Gasteiger partial charge in [0.1, 0.15) is 0 Å². The summed E-state index contributed by atoms with van der Waals surface area (Å²) < 4.78 is 0. The summed E-state index contributed by atoms with van der Waals surface area (Å²) in [5.41, 5.74) is 2.15. The minimum Gasteiger partial charge on any atom is -0.356 e. The van der Waals surface area contributed by atoms with E-state index in [4.69, 9.17) is 11.6 Å². The molecule has 0 radical (unpaired) electrons. The molecule has 0 unspecified atom stereocenters. The largest absolute Gasteiger partial charge is 0.356 e. The van der Waals surface area contributed by atoms with Gasteiger partial charge in [-0.15, -0.1) is 24.0 Å². The fraction of sp³-hybridized carbons (Fsp3) is 0.263. The predicted octanol–water partition coefficient (Wildman–Crippen LogP) is 3.33. The number of guanidine groups is 1. The average molecular weight is 487 g/mol. The summed E-state index contributed by atoms with van der Waals surface area (Å²) >= 11 is 5.97. The number of aliphatic imine (C=N–C) groups is 1. The first kappa shape index (κ1) is 22.2. The highest BCUT2D eigenvalue weighted by molar-refractivity contribution is 14.0. The molecule has 140 valence electrons. The Morgan fingerprint density at radius 2 is 1.65 bits per heavy atom. The van der Waals surface area contributed by atoms with Gasteiger partial charge in [0.25, 0.3) is 0 Å². The Hall–Kier alpha value is -1.80. The summed E-state index contributed by atoms with van der Waals surface area (Å²) in [6, 6.07) is 17.5. The van der Waals surface area contributed by atoms with Crippen molar-refractivity contribution < 1.29 is 4.79 Å². The number of benzene rings is 2. The van der Waals surface area contributed by atoms with Crippen molar-refractivity contribution in [2.24, 2.45) is 4.99 Å². The number of amides is 1. The van der Waals surface area contributed by atoms with Crippen molar-refractivity contribution in [2.75, 3.05) is 13.6 Å². The fourth-order valence-electron chi connectivity index (χ4n) is 2.23. The van der Waals surface area contributed by atoms with Gasteiger partial charge < -0.3 is 16.0 Å². The number of rotatable bonds is 7. The molecule has 0 aromatic heterocycles. The van der Waals surface area contributed by atoms with Crippen LogP contribution in [-0.4, -0.2) is 25.5 Å². The second kappa shape index (κ2) is 12.5. The number of halogens is 2. The highest BCUT2D eigenvalue weighted by Crippen LogP contribution is 2.10. The number of nitrogens with zero attached hydrogens (tertiary/aromatic N) is 1. The molecular formula is C19H24ClIN4O. The maximum Gasteiger partial charge on any atom is 0.222 e. The van der Waals surface area contributed by atoms with E-state index >= 15 is 0 Å². The predicted molar refractivity (Wildman–Crippen MR) is 118 cm³/mol. The topological polar surface area (TPSA) is 65.5 Å². The van der Waals surface area contributed by atoms with E-state index in [-0.39, 0.29) is 29.9 Å². The molecule has 0 saturated carbocycles. The quantitative estimate of drug-likeness (QED) is 0.320. The van der Waals surface area contributed by atoms with Gasteiger partial charge in [-0.25, -0.2) is 0 Å². The average Bonchev–Trinajstić information content (AvgIpc) is 2.63. The number of carbonyl (C=O) groups excluding carboxylic acids is 1. The zero-order valence-electron chi connectivity index (χ0n) is 14.7. The van der Waals surface area contributed by atoms with Crippen molar-refractivity contribution in [3.63, 3.8) is 0 Å². The van der Waals surface area contributed by atoms with Crippen molar-refractivity contribution in [2.45, 2.75) is 19.5 Å². The van der Waals surface area contributed by atoms with E-state index in [9.17, 15) is 4.79 Å². The minimum absolute atomic E-state index is 0. The third-order valence-corrected chi connectivity index (χ3v) is 3.78. The summed E-state index contributed by atoms with van der Waals surface area (Å²) in [4.78, 5) is 16.0. The highest BCUT2D eigenvalue weighted by atomic mass is 127. The summed E-state index contributed by atoms with van der Waals surface area (Å²) in [5.74, 6) is 0.650. The molecule has 0 atom stereocenters. The van der Waals surface area contributed by atoms with E-state index in [2.05, 4.69) is 20.9 Å². The van der Waals surface area contributed by atoms with Gasteiger partial charge in [0, 0.05) is 38.1 Å². The van der Waals surface area contributed by atoms with Crippen LogP contribution >= 0.6 is 35.6 Å². The zero-order valence-corrected chi connectivity index (χ0v) is 17.8. The van der Waals surface area contributed by atoms with E-state index in [1.165, 1.54) is 0 Å². The van der Waals surface area contributed by atoms with Gasteiger partial charge in [-0.1, -0.05) is 54.1 Å². The fourth-order valence-corrected chi connectivity index (χ4v) is 2.45. The van der Waals surface area contributed by atoms with E-state index in [0.717, 1.165) is 11.1 Å². The van der Waals surface area contributed by atoms with Gasteiger partial charge >= 0.3 is 0 Å². The Morgan fingerprint density at radius 3 is 2.35 bits per heavy atom. The zero-order chi connectivity index (χ0) is 17.9. The van der Waals surface area contributed by atoms with Crippen LogP contribution in [0.1, 0.15) is 17.5 Å². The summed E-state index contributed by atoms with van der Waals surface area (Å²) in [6.45, 7) is 1.66. The summed E-state index contributed by atoms with van der Waals surface area (Å²) in [7, 11) is 1.70.